The molecule has 0 saturated heterocycles. The fourth-order valence-corrected chi connectivity index (χ4v) is 4.34. The van der Waals surface area contributed by atoms with Crippen LogP contribution in [0, 0.1) is 22.9 Å². The highest BCUT2D eigenvalue weighted by Crippen LogP contribution is 2.36. The first-order valence-electron chi connectivity index (χ1n) is 9.93. The first kappa shape index (κ1) is 24.9. The van der Waals surface area contributed by atoms with Crippen molar-refractivity contribution in [3.8, 4) is 16.9 Å². The average molecular weight is 491 g/mol. The van der Waals surface area contributed by atoms with Gasteiger partial charge in [0.1, 0.15) is 11.4 Å². The predicted octanol–water partition coefficient (Wildman–Crippen LogP) is 2.83. The number of hydrogen-bond acceptors (Lipinski definition) is 7. The molecular weight excluding hydrogens is 469 g/mol. The zero-order valence-corrected chi connectivity index (χ0v) is 19.1. The van der Waals surface area contributed by atoms with Crippen molar-refractivity contribution in [2.24, 2.45) is 5.73 Å². The third-order valence-electron chi connectivity index (χ3n) is 5.47. The molecule has 0 aliphatic rings. The summed E-state index contributed by atoms with van der Waals surface area (Å²) in [6, 6.07) is 12.9. The smallest absolute Gasteiger partial charge is 0.328 e. The quantitative estimate of drug-likeness (QED) is 0.342. The van der Waals surface area contributed by atoms with E-state index in [1.54, 1.807) is 23.6 Å². The van der Waals surface area contributed by atoms with Crippen LogP contribution in [0.5, 0.6) is 0 Å². The van der Waals surface area contributed by atoms with Gasteiger partial charge in [0.05, 0.1) is 17.2 Å². The van der Waals surface area contributed by atoms with Crippen LogP contribution in [0.1, 0.15) is 17.7 Å². The van der Waals surface area contributed by atoms with Gasteiger partial charge in [-0.1, -0.05) is 12.1 Å². The molecule has 12 heteroatoms. The molecule has 3 aromatic rings. The molecule has 0 saturated carbocycles. The maximum absolute atomic E-state index is 13.6. The van der Waals surface area contributed by atoms with Gasteiger partial charge in [-0.3, -0.25) is 0 Å². The lowest BCUT2D eigenvalue weighted by Crippen LogP contribution is -2.46. The number of aromatic nitrogens is 1. The zero-order valence-electron chi connectivity index (χ0n) is 18.3. The number of carboxylic acids is 1. The van der Waals surface area contributed by atoms with Crippen molar-refractivity contribution in [1.29, 1.82) is 0 Å². The summed E-state index contributed by atoms with van der Waals surface area (Å²) in [5.41, 5.74) is 6.28. The lowest BCUT2D eigenvalue weighted by atomic mass is 9.87. The normalized spacial score (nSPS) is 13.3. The van der Waals surface area contributed by atoms with Crippen LogP contribution in [0.25, 0.3) is 16.9 Å². The molecule has 34 heavy (non-hydrogen) atoms. The maximum Gasteiger partial charge on any atom is 0.328 e. The molecule has 0 spiro atoms. The molecule has 180 valence electrons. The zero-order chi connectivity index (χ0) is 25.3. The van der Waals surface area contributed by atoms with Crippen LogP contribution in [-0.2, 0) is 25.0 Å². The third-order valence-corrected chi connectivity index (χ3v) is 6.59. The number of nitrogens with zero attached hydrogens (tertiary/aromatic N) is 2. The first-order chi connectivity index (χ1) is 15.8. The van der Waals surface area contributed by atoms with E-state index in [-0.39, 0.29) is 10.5 Å². The molecule has 3 rings (SSSR count). The summed E-state index contributed by atoms with van der Waals surface area (Å²) in [6.45, 7) is 1.07. The van der Waals surface area contributed by atoms with Gasteiger partial charge >= 0.3 is 5.97 Å². The SMILES string of the molecule is Cc1c(C(N)(CCO[N+](=O)[O-])C(=O)O)cc(-c2ccc(S(C)(=O)=O)cc2)n1-c1ccc(F)cc1. The van der Waals surface area contributed by atoms with E-state index in [1.807, 2.05) is 0 Å². The Balaban J connectivity index is 2.22. The molecule has 0 amide bonds. The summed E-state index contributed by atoms with van der Waals surface area (Å²) >= 11 is 0. The minimum absolute atomic E-state index is 0.101. The van der Waals surface area contributed by atoms with Gasteiger partial charge in [0.25, 0.3) is 5.09 Å². The Kier molecular flexibility index (Phi) is 6.75. The molecule has 1 atom stereocenters. The van der Waals surface area contributed by atoms with Crippen molar-refractivity contribution in [3.05, 3.63) is 81.8 Å². The Morgan fingerprint density at radius 3 is 2.29 bits per heavy atom. The van der Waals surface area contributed by atoms with E-state index in [1.165, 1.54) is 42.5 Å². The minimum Gasteiger partial charge on any atom is -0.480 e. The largest absolute Gasteiger partial charge is 0.480 e. The standard InChI is InChI=1S/C22H22FN3O7S/c1-14-19(22(24,21(27)28)11-12-33-26(29)30)13-20(25(14)17-7-5-16(23)6-8-17)15-3-9-18(10-4-15)34(2,31)32/h3-10,13H,11-12,24H2,1-2H3,(H,27,28). The summed E-state index contributed by atoms with van der Waals surface area (Å²) in [5, 5.41) is 19.4. The van der Waals surface area contributed by atoms with E-state index in [0.29, 0.717) is 22.6 Å². The van der Waals surface area contributed by atoms with Gasteiger partial charge in [0, 0.05) is 29.6 Å². The van der Waals surface area contributed by atoms with E-state index in [2.05, 4.69) is 4.84 Å². The number of nitrogens with two attached hydrogens (primary N) is 1. The van der Waals surface area contributed by atoms with Crippen molar-refractivity contribution in [1.82, 2.24) is 4.57 Å². The molecule has 1 aromatic heterocycles. The summed E-state index contributed by atoms with van der Waals surface area (Å²) < 4.78 is 38.9. The topological polar surface area (TPSA) is 155 Å². The first-order valence-corrected chi connectivity index (χ1v) is 11.8. The molecule has 0 aliphatic heterocycles. The van der Waals surface area contributed by atoms with Crippen molar-refractivity contribution >= 4 is 15.8 Å². The molecule has 3 N–H and O–H groups in total. The molecule has 0 radical (unpaired) electrons. The number of carboxylic acid groups (broad SMARTS) is 1. The molecule has 1 unspecified atom stereocenters. The minimum atomic E-state index is -3.44. The Bertz CT molecular complexity index is 1340. The number of rotatable bonds is 9. The fraction of sp³-hybridized carbons (Fsp3) is 0.227. The number of carbonyl (C=O) groups is 1. The summed E-state index contributed by atoms with van der Waals surface area (Å²) in [6.07, 6.45) is 0.679. The van der Waals surface area contributed by atoms with E-state index in [4.69, 9.17) is 5.73 Å². The average Bonchev–Trinajstić information content (AvgIpc) is 3.11. The number of benzene rings is 2. The van der Waals surface area contributed by atoms with E-state index >= 15 is 0 Å². The second-order valence-corrected chi connectivity index (χ2v) is 9.74. The van der Waals surface area contributed by atoms with Crippen LogP contribution >= 0.6 is 0 Å². The van der Waals surface area contributed by atoms with E-state index < -0.39 is 45.3 Å². The summed E-state index contributed by atoms with van der Waals surface area (Å²) in [7, 11) is -3.44. The van der Waals surface area contributed by atoms with Crippen LogP contribution in [0.4, 0.5) is 4.39 Å². The number of hydrogen-bond donors (Lipinski definition) is 2. The predicted molar refractivity (Wildman–Crippen MR) is 120 cm³/mol. The van der Waals surface area contributed by atoms with Crippen molar-refractivity contribution in [3.63, 3.8) is 0 Å². The van der Waals surface area contributed by atoms with Gasteiger partial charge < -0.3 is 20.2 Å². The lowest BCUT2D eigenvalue weighted by molar-refractivity contribution is -0.758. The molecule has 1 heterocycles. The molecule has 0 fully saturated rings. The second kappa shape index (κ2) is 9.23. The van der Waals surface area contributed by atoms with Crippen molar-refractivity contribution < 1.29 is 32.6 Å². The third kappa shape index (κ3) is 4.92. The maximum atomic E-state index is 13.6. The number of halogens is 1. The summed E-state index contributed by atoms with van der Waals surface area (Å²) in [4.78, 5) is 27.1. The highest BCUT2D eigenvalue weighted by molar-refractivity contribution is 7.90. The van der Waals surface area contributed by atoms with Crippen LogP contribution in [0.15, 0.2) is 59.5 Å². The molecule has 0 aliphatic carbocycles. The van der Waals surface area contributed by atoms with Gasteiger partial charge in [-0.05, 0) is 55.0 Å². The molecule has 0 bridgehead atoms. The Morgan fingerprint density at radius 1 is 1.21 bits per heavy atom. The van der Waals surface area contributed by atoms with E-state index in [0.717, 1.165) is 6.26 Å². The highest BCUT2D eigenvalue weighted by atomic mass is 32.2. The van der Waals surface area contributed by atoms with Gasteiger partial charge in [-0.2, -0.15) is 0 Å². The van der Waals surface area contributed by atoms with Crippen LogP contribution < -0.4 is 5.73 Å². The van der Waals surface area contributed by atoms with Crippen LogP contribution in [0.2, 0.25) is 0 Å². The van der Waals surface area contributed by atoms with Crippen molar-refractivity contribution in [2.75, 3.05) is 12.9 Å². The van der Waals surface area contributed by atoms with Crippen LogP contribution in [-0.4, -0.2) is 42.0 Å². The number of aliphatic carboxylic acids is 1. The van der Waals surface area contributed by atoms with Gasteiger partial charge in [-0.25, -0.2) is 17.6 Å². The summed E-state index contributed by atoms with van der Waals surface area (Å²) in [5.74, 6) is -1.89. The molecule has 10 nitrogen and oxygen atoms in total. The Hall–Kier alpha value is -3.77. The monoisotopic (exact) mass is 491 g/mol. The molecule has 2 aromatic carbocycles. The van der Waals surface area contributed by atoms with Gasteiger partial charge in [-0.15, -0.1) is 10.1 Å². The fourth-order valence-electron chi connectivity index (χ4n) is 3.70. The lowest BCUT2D eigenvalue weighted by Gasteiger charge is -2.25. The number of sulfone groups is 1. The Morgan fingerprint density at radius 2 is 1.79 bits per heavy atom. The second-order valence-electron chi connectivity index (χ2n) is 7.72. The van der Waals surface area contributed by atoms with Crippen LogP contribution in [0.3, 0.4) is 0 Å². The van der Waals surface area contributed by atoms with Gasteiger partial charge in [0.2, 0.25) is 0 Å². The van der Waals surface area contributed by atoms with E-state index in [9.17, 15) is 32.8 Å². The highest BCUT2D eigenvalue weighted by Gasteiger charge is 2.39. The van der Waals surface area contributed by atoms with Gasteiger partial charge in [0.15, 0.2) is 9.84 Å². The van der Waals surface area contributed by atoms with Crippen molar-refractivity contribution in [2.45, 2.75) is 23.8 Å². The Labute approximate surface area is 194 Å². The molecular formula is C22H22FN3O7S.